The van der Waals surface area contributed by atoms with Crippen molar-refractivity contribution in [1.29, 1.82) is 0 Å². The van der Waals surface area contributed by atoms with E-state index in [0.29, 0.717) is 41.9 Å². The lowest BCUT2D eigenvalue weighted by Crippen LogP contribution is -2.09. The first-order valence-corrected chi connectivity index (χ1v) is 8.59. The van der Waals surface area contributed by atoms with Gasteiger partial charge in [-0.3, -0.25) is 0 Å². The number of alkyl halides is 3. The Morgan fingerprint density at radius 3 is 2.04 bits per heavy atom. The lowest BCUT2D eigenvalue weighted by molar-refractivity contribution is -0.137. The third kappa shape index (κ3) is 5.58. The van der Waals surface area contributed by atoms with Gasteiger partial charge in [-0.25, -0.2) is 4.39 Å². The van der Waals surface area contributed by atoms with Gasteiger partial charge < -0.3 is 0 Å². The number of hydrogen-bond acceptors (Lipinski definition) is 0. The van der Waals surface area contributed by atoms with Gasteiger partial charge in [0.15, 0.2) is 0 Å². The van der Waals surface area contributed by atoms with Crippen LogP contribution < -0.4 is 0 Å². The molecule has 0 aromatic heterocycles. The van der Waals surface area contributed by atoms with E-state index in [-0.39, 0.29) is 11.7 Å². The summed E-state index contributed by atoms with van der Waals surface area (Å²) in [6, 6.07) is 10.8. The molecular weight excluding hydrogens is 328 g/mol. The average Bonchev–Trinajstić information content (AvgIpc) is 2.50. The fraction of sp³-hybridized carbons (Fsp3) is 0.429. The summed E-state index contributed by atoms with van der Waals surface area (Å²) in [5, 5.41) is 0. The van der Waals surface area contributed by atoms with Gasteiger partial charge in [0.25, 0.3) is 0 Å². The molecule has 0 saturated carbocycles. The molecule has 0 radical (unpaired) electrons. The van der Waals surface area contributed by atoms with Gasteiger partial charge in [-0.2, -0.15) is 13.2 Å². The predicted octanol–water partition coefficient (Wildman–Crippen LogP) is 6.46. The van der Waals surface area contributed by atoms with E-state index >= 15 is 0 Å². The number of halogens is 4. The maximum atomic E-state index is 14.6. The van der Waals surface area contributed by atoms with Gasteiger partial charge in [-0.15, -0.1) is 0 Å². The third-order valence-electron chi connectivity index (χ3n) is 4.19. The summed E-state index contributed by atoms with van der Waals surface area (Å²) in [5.41, 5.74) is 1.33. The average molecular weight is 352 g/mol. The molecule has 0 fully saturated rings. The van der Waals surface area contributed by atoms with Gasteiger partial charge in [-0.1, -0.05) is 57.2 Å². The van der Waals surface area contributed by atoms with Crippen LogP contribution in [0, 0.1) is 17.7 Å². The fourth-order valence-electron chi connectivity index (χ4n) is 3.11. The summed E-state index contributed by atoms with van der Waals surface area (Å²) >= 11 is 0. The van der Waals surface area contributed by atoms with Gasteiger partial charge in [0.05, 0.1) is 5.56 Å². The topological polar surface area (TPSA) is 0 Å². The quantitative estimate of drug-likeness (QED) is 0.523. The van der Waals surface area contributed by atoms with Gasteiger partial charge in [0.1, 0.15) is 5.82 Å². The second-order valence-electron chi connectivity index (χ2n) is 7.20. The van der Waals surface area contributed by atoms with Gasteiger partial charge in [-0.05, 0) is 53.9 Å². The zero-order valence-electron chi connectivity index (χ0n) is 14.8. The lowest BCUT2D eigenvalue weighted by Gasteiger charge is -2.15. The number of hydrogen-bond donors (Lipinski definition) is 0. The Labute approximate surface area is 146 Å². The number of rotatable bonds is 6. The molecule has 25 heavy (non-hydrogen) atoms. The second kappa shape index (κ2) is 8.03. The van der Waals surface area contributed by atoms with Crippen LogP contribution in [0.25, 0.3) is 0 Å². The molecule has 136 valence electrons. The van der Waals surface area contributed by atoms with Crippen LogP contribution in [0.3, 0.4) is 0 Å². The molecule has 0 nitrogen and oxygen atoms in total. The van der Waals surface area contributed by atoms with Crippen LogP contribution in [0.4, 0.5) is 17.6 Å². The van der Waals surface area contributed by atoms with E-state index in [0.717, 1.165) is 6.07 Å². The van der Waals surface area contributed by atoms with Crippen LogP contribution in [-0.2, 0) is 25.4 Å². The molecule has 2 aromatic carbocycles. The van der Waals surface area contributed by atoms with Crippen molar-refractivity contribution in [3.63, 3.8) is 0 Å². The molecule has 0 aliphatic carbocycles. The van der Waals surface area contributed by atoms with Crippen LogP contribution in [0.5, 0.6) is 0 Å². The first-order chi connectivity index (χ1) is 11.7. The van der Waals surface area contributed by atoms with Crippen LogP contribution >= 0.6 is 0 Å². The highest BCUT2D eigenvalue weighted by Gasteiger charge is 2.30. The summed E-state index contributed by atoms with van der Waals surface area (Å²) in [4.78, 5) is 0. The minimum absolute atomic E-state index is 0.0484. The monoisotopic (exact) mass is 352 g/mol. The molecular formula is C21H24F4. The molecule has 0 N–H and O–H groups in total. The highest BCUT2D eigenvalue weighted by molar-refractivity contribution is 5.28. The molecule has 0 aliphatic rings. The van der Waals surface area contributed by atoms with Crippen molar-refractivity contribution in [3.05, 3.63) is 70.5 Å². The molecule has 2 rings (SSSR count). The largest absolute Gasteiger partial charge is 0.416 e. The highest BCUT2D eigenvalue weighted by Crippen LogP contribution is 2.30. The van der Waals surface area contributed by atoms with E-state index < -0.39 is 11.7 Å². The van der Waals surface area contributed by atoms with E-state index in [9.17, 15) is 17.6 Å². The first kappa shape index (κ1) is 19.5. The Balaban J connectivity index is 2.09. The molecule has 0 spiro atoms. The molecule has 4 heteroatoms. The smallest absolute Gasteiger partial charge is 0.206 e. The van der Waals surface area contributed by atoms with E-state index in [1.807, 2.05) is 26.8 Å². The molecule has 0 aliphatic heterocycles. The SMILES string of the molecule is CC(C)Cc1cccc(CC(C)Cc2cccc(C(F)(F)F)c2)c1F. The van der Waals surface area contributed by atoms with E-state index in [2.05, 4.69) is 0 Å². The molecule has 0 bridgehead atoms. The maximum absolute atomic E-state index is 14.6. The van der Waals surface area contributed by atoms with Gasteiger partial charge >= 0.3 is 6.18 Å². The Bertz CT molecular complexity index is 701. The Kier molecular flexibility index (Phi) is 6.26. The van der Waals surface area contributed by atoms with Crippen LogP contribution in [0.2, 0.25) is 0 Å². The lowest BCUT2D eigenvalue weighted by atomic mass is 9.91. The molecule has 0 amide bonds. The summed E-state index contributed by atoms with van der Waals surface area (Å²) in [5.74, 6) is 0.242. The zero-order chi connectivity index (χ0) is 18.6. The van der Waals surface area contributed by atoms with Crippen molar-refractivity contribution in [2.45, 2.75) is 46.2 Å². The highest BCUT2D eigenvalue weighted by atomic mass is 19.4. The molecule has 0 heterocycles. The third-order valence-corrected chi connectivity index (χ3v) is 4.19. The van der Waals surface area contributed by atoms with Gasteiger partial charge in [0.2, 0.25) is 0 Å². The minimum atomic E-state index is -4.34. The standard InChI is InChI=1S/C21H24F4/c1-14(2)10-17-7-5-8-18(20(17)22)12-15(3)11-16-6-4-9-19(13-16)21(23,24)25/h4-9,13-15H,10-12H2,1-3H3. The first-order valence-electron chi connectivity index (χ1n) is 8.59. The predicted molar refractivity (Wildman–Crippen MR) is 93.0 cm³/mol. The van der Waals surface area contributed by atoms with E-state index in [1.54, 1.807) is 18.2 Å². The van der Waals surface area contributed by atoms with Crippen LogP contribution in [-0.4, -0.2) is 0 Å². The van der Waals surface area contributed by atoms with Crippen molar-refractivity contribution in [1.82, 2.24) is 0 Å². The van der Waals surface area contributed by atoms with E-state index in [4.69, 9.17) is 0 Å². The summed E-state index contributed by atoms with van der Waals surface area (Å²) in [6.07, 6.45) is -2.66. The summed E-state index contributed by atoms with van der Waals surface area (Å²) in [6.45, 7) is 6.03. The normalized spacial score (nSPS) is 13.3. The Morgan fingerprint density at radius 1 is 0.840 bits per heavy atom. The van der Waals surface area contributed by atoms with Crippen molar-refractivity contribution in [3.8, 4) is 0 Å². The van der Waals surface area contributed by atoms with Gasteiger partial charge in [0, 0.05) is 0 Å². The van der Waals surface area contributed by atoms with Crippen molar-refractivity contribution in [2.75, 3.05) is 0 Å². The maximum Gasteiger partial charge on any atom is 0.416 e. The zero-order valence-corrected chi connectivity index (χ0v) is 14.8. The number of benzene rings is 2. The van der Waals surface area contributed by atoms with Crippen LogP contribution in [0.1, 0.15) is 43.0 Å². The molecule has 0 saturated heterocycles. The Morgan fingerprint density at radius 2 is 1.44 bits per heavy atom. The second-order valence-corrected chi connectivity index (χ2v) is 7.20. The van der Waals surface area contributed by atoms with Crippen LogP contribution in [0.15, 0.2) is 42.5 Å². The summed E-state index contributed by atoms with van der Waals surface area (Å²) < 4.78 is 53.0. The van der Waals surface area contributed by atoms with E-state index in [1.165, 1.54) is 12.1 Å². The van der Waals surface area contributed by atoms with Crippen molar-refractivity contribution in [2.24, 2.45) is 11.8 Å². The molecule has 1 atom stereocenters. The Hall–Kier alpha value is -1.84. The van der Waals surface area contributed by atoms with Crippen molar-refractivity contribution < 1.29 is 17.6 Å². The molecule has 2 aromatic rings. The minimum Gasteiger partial charge on any atom is -0.206 e. The molecule has 1 unspecified atom stereocenters. The summed E-state index contributed by atoms with van der Waals surface area (Å²) in [7, 11) is 0. The van der Waals surface area contributed by atoms with Crippen molar-refractivity contribution >= 4 is 0 Å². The fourth-order valence-corrected chi connectivity index (χ4v) is 3.11.